The highest BCUT2D eigenvalue weighted by Gasteiger charge is 2.39. The van der Waals surface area contributed by atoms with Gasteiger partial charge in [-0.2, -0.15) is 0 Å². The van der Waals surface area contributed by atoms with Gasteiger partial charge in [-0.15, -0.1) is 0 Å². The third-order valence-corrected chi connectivity index (χ3v) is 4.97. The number of nitrogens with one attached hydrogen (secondary N) is 1. The molecule has 2 fully saturated rings. The van der Waals surface area contributed by atoms with Crippen LogP contribution in [0.4, 0.5) is 0 Å². The van der Waals surface area contributed by atoms with Crippen LogP contribution < -0.4 is 5.32 Å². The van der Waals surface area contributed by atoms with Crippen LogP contribution in [0.5, 0.6) is 0 Å². The Morgan fingerprint density at radius 2 is 2.11 bits per heavy atom. The van der Waals surface area contributed by atoms with Gasteiger partial charge in [0.15, 0.2) is 0 Å². The van der Waals surface area contributed by atoms with Gasteiger partial charge in [-0.05, 0) is 69.5 Å². The molecule has 4 atom stereocenters. The van der Waals surface area contributed by atoms with Gasteiger partial charge < -0.3 is 10.2 Å². The summed E-state index contributed by atoms with van der Waals surface area (Å²) in [4.78, 5) is 2.59. The molecule has 1 N–H and O–H groups in total. The molecule has 0 aromatic rings. The number of rotatable bonds is 8. The van der Waals surface area contributed by atoms with Gasteiger partial charge in [-0.25, -0.2) is 0 Å². The maximum atomic E-state index is 3.53. The molecule has 2 aliphatic carbocycles. The van der Waals surface area contributed by atoms with Crippen LogP contribution in [0.3, 0.4) is 0 Å². The summed E-state index contributed by atoms with van der Waals surface area (Å²) in [5.41, 5.74) is 0. The number of hydrogen-bond donors (Lipinski definition) is 1. The van der Waals surface area contributed by atoms with Gasteiger partial charge in [0.05, 0.1) is 0 Å². The highest BCUT2D eigenvalue weighted by atomic mass is 15.1. The molecule has 0 aromatic carbocycles. The summed E-state index contributed by atoms with van der Waals surface area (Å²) in [6.45, 7) is 9.55. The molecular weight excluding hydrogens is 220 g/mol. The van der Waals surface area contributed by atoms with E-state index >= 15 is 0 Å². The van der Waals surface area contributed by atoms with Crippen molar-refractivity contribution in [1.29, 1.82) is 0 Å². The Kier molecular flexibility index (Phi) is 5.50. The lowest BCUT2D eigenvalue weighted by atomic mass is 9.88. The number of hydrogen-bond acceptors (Lipinski definition) is 2. The maximum Gasteiger partial charge on any atom is 0.00162 e. The highest BCUT2D eigenvalue weighted by molar-refractivity contribution is 4.91. The normalized spacial score (nSPS) is 32.3. The van der Waals surface area contributed by atoms with Crippen molar-refractivity contribution in [3.05, 3.63) is 0 Å². The standard InChI is InChI=1S/C16H32N2/c1-4-7-17-10-13(2)11-18(3)12-16-9-14-5-6-15(16)8-14/h13-17H,4-12H2,1-3H3. The average molecular weight is 252 g/mol. The van der Waals surface area contributed by atoms with E-state index in [0.29, 0.717) is 0 Å². The number of fused-ring (bicyclic) bond motifs is 2. The van der Waals surface area contributed by atoms with Gasteiger partial charge in [0.25, 0.3) is 0 Å². The van der Waals surface area contributed by atoms with Crippen molar-refractivity contribution >= 4 is 0 Å². The summed E-state index contributed by atoms with van der Waals surface area (Å²) < 4.78 is 0. The molecule has 2 rings (SSSR count). The molecule has 18 heavy (non-hydrogen) atoms. The van der Waals surface area contributed by atoms with E-state index in [2.05, 4.69) is 31.1 Å². The molecular formula is C16H32N2. The van der Waals surface area contributed by atoms with Gasteiger partial charge in [0, 0.05) is 13.1 Å². The maximum absolute atomic E-state index is 3.53. The van der Waals surface area contributed by atoms with Crippen LogP contribution in [-0.2, 0) is 0 Å². The van der Waals surface area contributed by atoms with Crippen molar-refractivity contribution in [3.63, 3.8) is 0 Å². The first-order valence-corrected chi connectivity index (χ1v) is 8.08. The van der Waals surface area contributed by atoms with Crippen LogP contribution in [0, 0.1) is 23.7 Å². The summed E-state index contributed by atoms with van der Waals surface area (Å²) >= 11 is 0. The molecule has 0 spiro atoms. The van der Waals surface area contributed by atoms with Gasteiger partial charge in [-0.1, -0.05) is 20.3 Å². The molecule has 2 saturated carbocycles. The minimum Gasteiger partial charge on any atom is -0.316 e. The second kappa shape index (κ2) is 6.91. The molecule has 0 heterocycles. The minimum absolute atomic E-state index is 0.778. The van der Waals surface area contributed by atoms with E-state index in [4.69, 9.17) is 0 Å². The van der Waals surface area contributed by atoms with Crippen molar-refractivity contribution in [2.24, 2.45) is 23.7 Å². The number of nitrogens with zero attached hydrogens (tertiary/aromatic N) is 1. The van der Waals surface area contributed by atoms with Gasteiger partial charge in [0.2, 0.25) is 0 Å². The average Bonchev–Trinajstić information content (AvgIpc) is 2.91. The van der Waals surface area contributed by atoms with Crippen LogP contribution in [0.15, 0.2) is 0 Å². The van der Waals surface area contributed by atoms with Crippen molar-refractivity contribution < 1.29 is 0 Å². The van der Waals surface area contributed by atoms with Gasteiger partial charge >= 0.3 is 0 Å². The quantitative estimate of drug-likeness (QED) is 0.668. The molecule has 106 valence electrons. The molecule has 0 saturated heterocycles. The summed E-state index contributed by atoms with van der Waals surface area (Å²) in [5.74, 6) is 3.97. The topological polar surface area (TPSA) is 15.3 Å². The Bertz CT molecular complexity index is 241. The third-order valence-electron chi connectivity index (χ3n) is 4.97. The van der Waals surface area contributed by atoms with Crippen LogP contribution in [0.1, 0.15) is 46.0 Å². The predicted octanol–water partition coefficient (Wildman–Crippen LogP) is 2.99. The molecule has 0 radical (unpaired) electrons. The second-order valence-corrected chi connectivity index (χ2v) is 6.97. The fourth-order valence-corrected chi connectivity index (χ4v) is 4.20. The first kappa shape index (κ1) is 14.3. The Labute approximate surface area is 114 Å². The van der Waals surface area contributed by atoms with Crippen molar-refractivity contribution in [3.8, 4) is 0 Å². The summed E-state index contributed by atoms with van der Waals surface area (Å²) in [5, 5.41) is 3.53. The van der Waals surface area contributed by atoms with Gasteiger partial charge in [0.1, 0.15) is 0 Å². The van der Waals surface area contributed by atoms with Crippen LogP contribution in [-0.4, -0.2) is 38.1 Å². The first-order valence-electron chi connectivity index (χ1n) is 8.08. The monoisotopic (exact) mass is 252 g/mol. The van der Waals surface area contributed by atoms with E-state index in [1.165, 1.54) is 51.9 Å². The first-order chi connectivity index (χ1) is 8.69. The van der Waals surface area contributed by atoms with E-state index in [1.54, 1.807) is 6.42 Å². The summed E-state index contributed by atoms with van der Waals surface area (Å²) in [6.07, 6.45) is 7.37. The molecule has 4 unspecified atom stereocenters. The van der Waals surface area contributed by atoms with Crippen molar-refractivity contribution in [2.75, 3.05) is 33.2 Å². The Morgan fingerprint density at radius 3 is 2.72 bits per heavy atom. The zero-order valence-electron chi connectivity index (χ0n) is 12.6. The zero-order valence-corrected chi connectivity index (χ0v) is 12.6. The second-order valence-electron chi connectivity index (χ2n) is 6.97. The molecule has 0 aromatic heterocycles. The van der Waals surface area contributed by atoms with Crippen molar-refractivity contribution in [1.82, 2.24) is 10.2 Å². The van der Waals surface area contributed by atoms with E-state index < -0.39 is 0 Å². The zero-order chi connectivity index (χ0) is 13.0. The predicted molar refractivity (Wildman–Crippen MR) is 78.8 cm³/mol. The molecule has 2 heteroatoms. The SMILES string of the molecule is CCCNCC(C)CN(C)CC1CC2CCC1C2. The Balaban J connectivity index is 1.61. The molecule has 0 aliphatic heterocycles. The molecule has 2 bridgehead atoms. The Morgan fingerprint density at radius 1 is 1.28 bits per heavy atom. The largest absolute Gasteiger partial charge is 0.316 e. The van der Waals surface area contributed by atoms with Crippen LogP contribution in [0.25, 0.3) is 0 Å². The molecule has 0 amide bonds. The van der Waals surface area contributed by atoms with E-state index in [1.807, 2.05) is 0 Å². The van der Waals surface area contributed by atoms with Gasteiger partial charge in [-0.3, -0.25) is 0 Å². The lowest BCUT2D eigenvalue weighted by Crippen LogP contribution is -2.35. The lowest BCUT2D eigenvalue weighted by molar-refractivity contribution is 0.200. The lowest BCUT2D eigenvalue weighted by Gasteiger charge is -2.29. The molecule has 2 nitrogen and oxygen atoms in total. The third kappa shape index (κ3) is 3.96. The smallest absolute Gasteiger partial charge is 0.00162 e. The fraction of sp³-hybridized carbons (Fsp3) is 1.00. The van der Waals surface area contributed by atoms with Crippen molar-refractivity contribution in [2.45, 2.75) is 46.0 Å². The van der Waals surface area contributed by atoms with E-state index in [0.717, 1.165) is 23.7 Å². The molecule has 2 aliphatic rings. The van der Waals surface area contributed by atoms with Crippen LogP contribution >= 0.6 is 0 Å². The Hall–Kier alpha value is -0.0800. The fourth-order valence-electron chi connectivity index (χ4n) is 4.20. The highest BCUT2D eigenvalue weighted by Crippen LogP contribution is 2.48. The minimum atomic E-state index is 0.778. The van der Waals surface area contributed by atoms with E-state index in [-0.39, 0.29) is 0 Å². The van der Waals surface area contributed by atoms with Crippen LogP contribution in [0.2, 0.25) is 0 Å². The van der Waals surface area contributed by atoms with E-state index in [9.17, 15) is 0 Å². The summed E-state index contributed by atoms with van der Waals surface area (Å²) in [7, 11) is 2.32. The summed E-state index contributed by atoms with van der Waals surface area (Å²) in [6, 6.07) is 0.